The van der Waals surface area contributed by atoms with Gasteiger partial charge in [-0.05, 0) is 166 Å². The average molecular weight is 977 g/mol. The molecular weight excluding hydrogens is 909 g/mol. The van der Waals surface area contributed by atoms with Crippen LogP contribution in [-0.4, -0.2) is 4.57 Å². The van der Waals surface area contributed by atoms with Crippen molar-refractivity contribution in [1.82, 2.24) is 4.57 Å². The van der Waals surface area contributed by atoms with E-state index in [0.717, 1.165) is 94.5 Å². The number of anilines is 3. The van der Waals surface area contributed by atoms with Crippen LogP contribution in [0.25, 0.3) is 40.4 Å². The number of nitrogens with zero attached hydrogens (tertiary/aromatic N) is 4. The minimum atomic E-state index is 0.758. The van der Waals surface area contributed by atoms with Gasteiger partial charge in [0.05, 0.1) is 5.35 Å². The third kappa shape index (κ3) is 12.0. The third-order valence-corrected chi connectivity index (χ3v) is 13.6. The van der Waals surface area contributed by atoms with Crippen LogP contribution in [0.2, 0.25) is 0 Å². The third-order valence-electron chi connectivity index (χ3n) is 13.6. The van der Waals surface area contributed by atoms with Gasteiger partial charge in [-0.15, -0.1) is 0 Å². The Morgan fingerprint density at radius 1 is 0.680 bits per heavy atom. The molecule has 0 amide bonds. The van der Waals surface area contributed by atoms with E-state index in [1.165, 1.54) is 39.1 Å². The first-order valence-electron chi connectivity index (χ1n) is 26.5. The summed E-state index contributed by atoms with van der Waals surface area (Å²) in [6.07, 6.45) is 62.2. The molecule has 0 bridgehead atoms. The highest BCUT2D eigenvalue weighted by Gasteiger charge is 2.26. The van der Waals surface area contributed by atoms with Gasteiger partial charge in [-0.2, -0.15) is 0 Å². The van der Waals surface area contributed by atoms with Crippen molar-refractivity contribution < 1.29 is 0 Å². The lowest BCUT2D eigenvalue weighted by Crippen LogP contribution is -2.30. The van der Waals surface area contributed by atoms with Gasteiger partial charge in [0, 0.05) is 86.3 Å². The Morgan fingerprint density at radius 2 is 1.52 bits per heavy atom. The monoisotopic (exact) mass is 977 g/mol. The van der Waals surface area contributed by atoms with Crippen LogP contribution in [-0.2, 0) is 6.42 Å². The summed E-state index contributed by atoms with van der Waals surface area (Å²) < 4.78 is 2.49. The minimum Gasteiger partial charge on any atom is -0.318 e. The fourth-order valence-corrected chi connectivity index (χ4v) is 10.2. The number of benzene rings is 4. The second kappa shape index (κ2) is 25.2. The van der Waals surface area contributed by atoms with Crippen LogP contribution >= 0.6 is 0 Å². The Hall–Kier alpha value is -8.82. The molecule has 4 aliphatic rings. The molecule has 0 saturated heterocycles. The molecule has 9 rings (SSSR count). The van der Waals surface area contributed by atoms with Crippen LogP contribution in [0.1, 0.15) is 76.6 Å². The number of hydrogen-bond donors (Lipinski definition) is 0. The molecule has 5 aromatic rings. The largest absolute Gasteiger partial charge is 0.318 e. The molecule has 0 fully saturated rings. The summed E-state index contributed by atoms with van der Waals surface area (Å²) in [4.78, 5) is 7.27. The van der Waals surface area contributed by atoms with Gasteiger partial charge in [-0.3, -0.25) is 0 Å². The predicted molar refractivity (Wildman–Crippen MR) is 326 cm³/mol. The lowest BCUT2D eigenvalue weighted by Gasteiger charge is -2.29. The van der Waals surface area contributed by atoms with E-state index in [2.05, 4.69) is 302 Å². The van der Waals surface area contributed by atoms with Gasteiger partial charge < -0.3 is 19.3 Å². The van der Waals surface area contributed by atoms with Crippen LogP contribution in [0.5, 0.6) is 0 Å². The molecule has 0 unspecified atom stereocenters. The van der Waals surface area contributed by atoms with Crippen molar-refractivity contribution in [2.75, 3.05) is 14.7 Å². The number of allylic oxidation sites excluding steroid dienone is 27. The summed E-state index contributed by atoms with van der Waals surface area (Å²) in [5.41, 5.74) is 18.8. The van der Waals surface area contributed by atoms with Gasteiger partial charge in [-0.1, -0.05) is 171 Å². The Morgan fingerprint density at radius 3 is 2.36 bits per heavy atom. The first-order chi connectivity index (χ1) is 37.0. The SMILES string of the molecule is C=C/C=C\c1cccc(N(C2=CC=C=c3c(c4c(n3C3=CC=C(N(/C(C)=C/C=C\C=CCC)c5ccccc5)CC=C3)CCCC(N(C(/C=C\C)=C/C=C\C)c3ccc5ccccc5c3)=C4)=C2)C2=CC=CC=CC2)c1. The molecule has 0 atom stereocenters. The lowest BCUT2D eigenvalue weighted by atomic mass is 10.1. The second-order valence-corrected chi connectivity index (χ2v) is 18.7. The molecule has 4 heteroatoms. The quantitative estimate of drug-likeness (QED) is 0.0863. The van der Waals surface area contributed by atoms with E-state index in [-0.39, 0.29) is 0 Å². The average Bonchev–Trinajstić information content (AvgIpc) is 3.92. The molecule has 372 valence electrons. The highest BCUT2D eigenvalue weighted by molar-refractivity contribution is 5.87. The van der Waals surface area contributed by atoms with Crippen molar-refractivity contribution in [3.8, 4) is 0 Å². The van der Waals surface area contributed by atoms with Crippen LogP contribution in [0.15, 0.2) is 278 Å². The standard InChI is InChI=1S/C71H68N4/c1-6-10-13-14-18-30-55(5)72(60-36-21-17-22-37-60)62-40-26-41-63(50-49-62)75-70-45-27-43-65(73(59(29-9-4)35-12-8-3)67-48-47-57-33-23-24-34-58(57)52-67)53-68(70)69-54-66(44-28-46-71(69)75)74(61-38-19-15-16-20-39-61)64-42-25-32-56(51-64)31-11-7-2/h7-26,28-38,41-42,44,47-54H,2,6,27,39-40,43,45H2,1,3-5H3/b12-8-,13-10?,18-14-,29-9-,31-11-,55-30+,59-35+. The van der Waals surface area contributed by atoms with Crippen molar-refractivity contribution >= 4 is 57.5 Å². The van der Waals surface area contributed by atoms with E-state index < -0.39 is 0 Å². The maximum absolute atomic E-state index is 3.94. The van der Waals surface area contributed by atoms with E-state index >= 15 is 0 Å². The molecular formula is C71H68N4. The van der Waals surface area contributed by atoms with Crippen LogP contribution in [0, 0.1) is 0 Å². The molecule has 0 spiro atoms. The molecule has 1 heterocycles. The molecule has 0 saturated carbocycles. The first kappa shape index (κ1) is 51.1. The van der Waals surface area contributed by atoms with E-state index in [9.17, 15) is 0 Å². The Labute approximate surface area is 445 Å². The zero-order chi connectivity index (χ0) is 51.8. The molecule has 4 nitrogen and oxygen atoms in total. The summed E-state index contributed by atoms with van der Waals surface area (Å²) in [6, 6.07) is 35.0. The van der Waals surface area contributed by atoms with E-state index in [0.29, 0.717) is 0 Å². The summed E-state index contributed by atoms with van der Waals surface area (Å²) in [5, 5.41) is 4.60. The van der Waals surface area contributed by atoms with Crippen LogP contribution in [0.3, 0.4) is 0 Å². The minimum absolute atomic E-state index is 0.758. The topological polar surface area (TPSA) is 14.7 Å². The normalized spacial score (nSPS) is 15.9. The van der Waals surface area contributed by atoms with E-state index in [4.69, 9.17) is 0 Å². The Balaban J connectivity index is 1.28. The fourth-order valence-electron chi connectivity index (χ4n) is 10.2. The van der Waals surface area contributed by atoms with Crippen LogP contribution < -0.4 is 25.3 Å². The summed E-state index contributed by atoms with van der Waals surface area (Å²) >= 11 is 0. The molecule has 75 heavy (non-hydrogen) atoms. The van der Waals surface area contributed by atoms with Gasteiger partial charge in [0.25, 0.3) is 0 Å². The first-order valence-corrected chi connectivity index (χ1v) is 26.5. The molecule has 0 aliphatic heterocycles. The van der Waals surface area contributed by atoms with Crippen LogP contribution in [0.4, 0.5) is 17.1 Å². The van der Waals surface area contributed by atoms with E-state index in [1.54, 1.807) is 0 Å². The van der Waals surface area contributed by atoms with Gasteiger partial charge in [0.15, 0.2) is 0 Å². The molecule has 4 aromatic carbocycles. The number of aromatic nitrogens is 1. The predicted octanol–water partition coefficient (Wildman–Crippen LogP) is 17.2. The number of hydrogen-bond acceptors (Lipinski definition) is 3. The smallest absolute Gasteiger partial charge is 0.0969 e. The zero-order valence-electron chi connectivity index (χ0n) is 44.0. The van der Waals surface area contributed by atoms with Gasteiger partial charge >= 0.3 is 0 Å². The molecule has 0 N–H and O–H groups in total. The number of para-hydroxylation sites is 1. The highest BCUT2D eigenvalue weighted by Crippen LogP contribution is 2.36. The van der Waals surface area contributed by atoms with Crippen molar-refractivity contribution in [3.63, 3.8) is 0 Å². The molecule has 4 aliphatic carbocycles. The second-order valence-electron chi connectivity index (χ2n) is 18.7. The Kier molecular flexibility index (Phi) is 17.2. The fraction of sp³-hybridized carbons (Fsp3) is 0.141. The molecule has 1 aromatic heterocycles. The number of fused-ring (bicyclic) bond motifs is 4. The molecule has 0 radical (unpaired) electrons. The van der Waals surface area contributed by atoms with Gasteiger partial charge in [0.1, 0.15) is 0 Å². The lowest BCUT2D eigenvalue weighted by molar-refractivity contribution is 0.771. The van der Waals surface area contributed by atoms with Crippen molar-refractivity contribution in [1.29, 1.82) is 0 Å². The van der Waals surface area contributed by atoms with E-state index in [1.807, 2.05) is 12.2 Å². The zero-order valence-corrected chi connectivity index (χ0v) is 44.0. The highest BCUT2D eigenvalue weighted by atomic mass is 15.2. The maximum Gasteiger partial charge on any atom is 0.0969 e. The Bertz CT molecular complexity index is 3580. The van der Waals surface area contributed by atoms with Crippen molar-refractivity contribution in [3.05, 3.63) is 305 Å². The summed E-state index contributed by atoms with van der Waals surface area (Å²) in [5.74, 6) is 0. The summed E-state index contributed by atoms with van der Waals surface area (Å²) in [6.45, 7) is 12.5. The van der Waals surface area contributed by atoms with Gasteiger partial charge in [-0.25, -0.2) is 0 Å². The summed E-state index contributed by atoms with van der Waals surface area (Å²) in [7, 11) is 0. The number of rotatable bonds is 17. The van der Waals surface area contributed by atoms with Gasteiger partial charge in [0.2, 0.25) is 0 Å². The maximum atomic E-state index is 3.94. The van der Waals surface area contributed by atoms with Crippen molar-refractivity contribution in [2.24, 2.45) is 0 Å². The van der Waals surface area contributed by atoms with Crippen molar-refractivity contribution in [2.45, 2.75) is 66.2 Å².